The first kappa shape index (κ1) is 14.0. The fourth-order valence-corrected chi connectivity index (χ4v) is 2.93. The molecule has 0 fully saturated rings. The summed E-state index contributed by atoms with van der Waals surface area (Å²) in [6, 6.07) is 8.05. The predicted molar refractivity (Wildman–Crippen MR) is 85.4 cm³/mol. The fourth-order valence-electron chi connectivity index (χ4n) is 1.92. The third-order valence-corrected chi connectivity index (χ3v) is 4.19. The van der Waals surface area contributed by atoms with Crippen molar-refractivity contribution < 1.29 is 0 Å². The number of aryl methyl sites for hydroxylation is 1. The van der Waals surface area contributed by atoms with E-state index in [-0.39, 0.29) is 6.04 Å². The van der Waals surface area contributed by atoms with Crippen LogP contribution in [0.5, 0.6) is 0 Å². The summed E-state index contributed by atoms with van der Waals surface area (Å²) in [7, 11) is 0. The molecule has 2 rings (SSSR count). The van der Waals surface area contributed by atoms with Gasteiger partial charge in [0, 0.05) is 20.8 Å². The summed E-state index contributed by atoms with van der Waals surface area (Å²) in [5, 5.41) is 4.32. The lowest BCUT2D eigenvalue weighted by molar-refractivity contribution is 0.559. The van der Waals surface area contributed by atoms with Gasteiger partial charge in [-0.3, -0.25) is 4.68 Å². The summed E-state index contributed by atoms with van der Waals surface area (Å²) in [5.41, 5.74) is 8.52. The van der Waals surface area contributed by atoms with Crippen molar-refractivity contribution in [1.82, 2.24) is 9.78 Å². The topological polar surface area (TPSA) is 43.8 Å². The highest BCUT2D eigenvalue weighted by molar-refractivity contribution is 14.1. The Morgan fingerprint density at radius 2 is 2.22 bits per heavy atom. The number of hydrogen-bond donors (Lipinski definition) is 1. The molecule has 0 aliphatic rings. The zero-order chi connectivity index (χ0) is 13.1. The molecule has 0 bridgehead atoms. The molecule has 0 aliphatic heterocycles. The van der Waals surface area contributed by atoms with Crippen LogP contribution < -0.4 is 5.73 Å². The third kappa shape index (κ3) is 2.95. The molecule has 0 saturated heterocycles. The lowest BCUT2D eigenvalue weighted by Crippen LogP contribution is -2.18. The number of nitrogens with two attached hydrogens (primary N) is 1. The SMILES string of the molecule is CCCn1nccc1C(N)c1cc(I)ccc1Br. The molecule has 2 N–H and O–H groups in total. The average Bonchev–Trinajstić information content (AvgIpc) is 2.80. The maximum atomic E-state index is 6.37. The molecule has 1 unspecified atom stereocenters. The highest BCUT2D eigenvalue weighted by Gasteiger charge is 2.16. The van der Waals surface area contributed by atoms with E-state index in [1.54, 1.807) is 0 Å². The van der Waals surface area contributed by atoms with E-state index in [0.717, 1.165) is 28.7 Å². The van der Waals surface area contributed by atoms with Gasteiger partial charge in [-0.05, 0) is 58.8 Å². The largest absolute Gasteiger partial charge is 0.319 e. The first-order chi connectivity index (χ1) is 8.63. The van der Waals surface area contributed by atoms with Gasteiger partial charge in [-0.25, -0.2) is 0 Å². The molecule has 0 spiro atoms. The zero-order valence-electron chi connectivity index (χ0n) is 10.1. The van der Waals surface area contributed by atoms with Crippen molar-refractivity contribution in [2.24, 2.45) is 5.73 Å². The molecule has 96 valence electrons. The van der Waals surface area contributed by atoms with E-state index in [2.05, 4.69) is 62.7 Å². The molecule has 0 saturated carbocycles. The van der Waals surface area contributed by atoms with Gasteiger partial charge in [0.15, 0.2) is 0 Å². The number of rotatable bonds is 4. The Kier molecular flexibility index (Phi) is 4.80. The van der Waals surface area contributed by atoms with Gasteiger partial charge in [-0.15, -0.1) is 0 Å². The van der Waals surface area contributed by atoms with Crippen molar-refractivity contribution in [1.29, 1.82) is 0 Å². The number of hydrogen-bond acceptors (Lipinski definition) is 2. The van der Waals surface area contributed by atoms with Gasteiger partial charge in [0.05, 0.1) is 11.7 Å². The maximum Gasteiger partial charge on any atom is 0.0734 e. The van der Waals surface area contributed by atoms with Crippen LogP contribution >= 0.6 is 38.5 Å². The van der Waals surface area contributed by atoms with Gasteiger partial charge in [0.1, 0.15) is 0 Å². The van der Waals surface area contributed by atoms with Crippen molar-refractivity contribution in [3.8, 4) is 0 Å². The second-order valence-electron chi connectivity index (χ2n) is 4.12. The summed E-state index contributed by atoms with van der Waals surface area (Å²) >= 11 is 5.87. The van der Waals surface area contributed by atoms with E-state index in [4.69, 9.17) is 5.73 Å². The smallest absolute Gasteiger partial charge is 0.0734 e. The lowest BCUT2D eigenvalue weighted by atomic mass is 10.0. The number of nitrogens with zero attached hydrogens (tertiary/aromatic N) is 2. The predicted octanol–water partition coefficient (Wildman–Crippen LogP) is 3.71. The molecule has 2 aromatic rings. The monoisotopic (exact) mass is 419 g/mol. The average molecular weight is 420 g/mol. The Morgan fingerprint density at radius 3 is 2.94 bits per heavy atom. The minimum atomic E-state index is -0.150. The quantitative estimate of drug-likeness (QED) is 0.767. The molecule has 1 atom stereocenters. The third-order valence-electron chi connectivity index (χ3n) is 2.80. The number of aromatic nitrogens is 2. The molecular formula is C13H15BrIN3. The lowest BCUT2D eigenvalue weighted by Gasteiger charge is -2.16. The first-order valence-electron chi connectivity index (χ1n) is 5.85. The van der Waals surface area contributed by atoms with Gasteiger partial charge in [0.2, 0.25) is 0 Å². The molecule has 1 aromatic heterocycles. The van der Waals surface area contributed by atoms with E-state index < -0.39 is 0 Å². The summed E-state index contributed by atoms with van der Waals surface area (Å²) in [4.78, 5) is 0. The molecular weight excluding hydrogens is 405 g/mol. The van der Waals surface area contributed by atoms with E-state index >= 15 is 0 Å². The molecule has 0 radical (unpaired) electrons. The van der Waals surface area contributed by atoms with E-state index in [1.807, 2.05) is 23.0 Å². The second kappa shape index (κ2) is 6.16. The maximum absolute atomic E-state index is 6.37. The molecule has 5 heteroatoms. The minimum absolute atomic E-state index is 0.150. The number of halogens is 2. The van der Waals surface area contributed by atoms with E-state index in [1.165, 1.54) is 3.57 Å². The Labute approximate surface area is 129 Å². The van der Waals surface area contributed by atoms with Gasteiger partial charge >= 0.3 is 0 Å². The molecule has 0 aliphatic carbocycles. The van der Waals surface area contributed by atoms with Crippen LogP contribution in [0.4, 0.5) is 0 Å². The summed E-state index contributed by atoms with van der Waals surface area (Å²) in [6.45, 7) is 3.04. The van der Waals surface area contributed by atoms with Crippen molar-refractivity contribution >= 4 is 38.5 Å². The van der Waals surface area contributed by atoms with Crippen LogP contribution in [0.25, 0.3) is 0 Å². The van der Waals surface area contributed by atoms with Crippen molar-refractivity contribution in [3.05, 3.63) is 49.8 Å². The van der Waals surface area contributed by atoms with Crippen molar-refractivity contribution in [3.63, 3.8) is 0 Å². The zero-order valence-corrected chi connectivity index (χ0v) is 13.8. The standard InChI is InChI=1S/C13H15BrIN3/c1-2-7-18-12(5-6-17-18)13(16)10-8-9(15)3-4-11(10)14/h3-6,8,13H,2,7,16H2,1H3. The van der Waals surface area contributed by atoms with E-state index in [0.29, 0.717) is 0 Å². The van der Waals surface area contributed by atoms with Crippen LogP contribution in [-0.2, 0) is 6.54 Å². The summed E-state index contributed by atoms with van der Waals surface area (Å²) in [6.07, 6.45) is 2.86. The van der Waals surface area contributed by atoms with Gasteiger partial charge in [-0.1, -0.05) is 22.9 Å². The summed E-state index contributed by atoms with van der Waals surface area (Å²) < 4.78 is 4.21. The molecule has 18 heavy (non-hydrogen) atoms. The van der Waals surface area contributed by atoms with Crippen LogP contribution in [0.15, 0.2) is 34.9 Å². The minimum Gasteiger partial charge on any atom is -0.319 e. The normalized spacial score (nSPS) is 12.7. The van der Waals surface area contributed by atoms with Gasteiger partial charge in [0.25, 0.3) is 0 Å². The molecule has 1 aromatic carbocycles. The van der Waals surface area contributed by atoms with Gasteiger partial charge < -0.3 is 5.73 Å². The Morgan fingerprint density at radius 1 is 1.44 bits per heavy atom. The van der Waals surface area contributed by atoms with Crippen LogP contribution in [0, 0.1) is 3.57 Å². The molecule has 0 amide bonds. The Hall–Kier alpha value is -0.400. The molecule has 1 heterocycles. The molecule has 3 nitrogen and oxygen atoms in total. The Bertz CT molecular complexity index is 539. The first-order valence-corrected chi connectivity index (χ1v) is 7.73. The van der Waals surface area contributed by atoms with Gasteiger partial charge in [-0.2, -0.15) is 5.10 Å². The Balaban J connectivity index is 2.38. The van der Waals surface area contributed by atoms with Crippen LogP contribution in [0.3, 0.4) is 0 Å². The highest BCUT2D eigenvalue weighted by atomic mass is 127. The fraction of sp³-hybridized carbons (Fsp3) is 0.308. The van der Waals surface area contributed by atoms with Crippen molar-refractivity contribution in [2.75, 3.05) is 0 Å². The number of benzene rings is 1. The van der Waals surface area contributed by atoms with Crippen molar-refractivity contribution in [2.45, 2.75) is 25.9 Å². The van der Waals surface area contributed by atoms with E-state index in [9.17, 15) is 0 Å². The van der Waals surface area contributed by atoms with Crippen LogP contribution in [0.1, 0.15) is 30.6 Å². The highest BCUT2D eigenvalue weighted by Crippen LogP contribution is 2.28. The summed E-state index contributed by atoms with van der Waals surface area (Å²) in [5.74, 6) is 0. The second-order valence-corrected chi connectivity index (χ2v) is 6.22. The van der Waals surface area contributed by atoms with Crippen LogP contribution in [-0.4, -0.2) is 9.78 Å². The van der Waals surface area contributed by atoms with Crippen LogP contribution in [0.2, 0.25) is 0 Å².